The average Bonchev–Trinajstić information content (AvgIpc) is 3.91. The molecule has 58 heavy (non-hydrogen) atoms. The fourth-order valence-electron chi connectivity index (χ4n) is 8.26. The van der Waals surface area contributed by atoms with Crippen LogP contribution in [0.5, 0.6) is 0 Å². The summed E-state index contributed by atoms with van der Waals surface area (Å²) in [5.74, 6) is 2.44. The fraction of sp³-hybridized carbons (Fsp3) is 0. The molecular formula is C52H30N4O2. The lowest BCUT2D eigenvalue weighted by Gasteiger charge is -2.11. The largest absolute Gasteiger partial charge is 0.456 e. The zero-order valence-corrected chi connectivity index (χ0v) is 30.9. The molecule has 6 heteroatoms. The highest BCUT2D eigenvalue weighted by atomic mass is 16.3. The van der Waals surface area contributed by atoms with Crippen LogP contribution in [0.3, 0.4) is 0 Å². The maximum absolute atomic E-state index is 6.55. The van der Waals surface area contributed by atoms with Gasteiger partial charge < -0.3 is 8.83 Å². The molecule has 0 fully saturated rings. The predicted molar refractivity (Wildman–Crippen MR) is 234 cm³/mol. The Morgan fingerprint density at radius 2 is 0.862 bits per heavy atom. The Hall–Kier alpha value is -7.96. The molecule has 0 radical (unpaired) electrons. The molecule has 0 bridgehead atoms. The van der Waals surface area contributed by atoms with Crippen molar-refractivity contribution < 1.29 is 8.83 Å². The van der Waals surface area contributed by atoms with Crippen molar-refractivity contribution in [1.82, 2.24) is 19.9 Å². The third-order valence-corrected chi connectivity index (χ3v) is 11.1. The van der Waals surface area contributed by atoms with Gasteiger partial charge in [-0.3, -0.25) is 0 Å². The molecular weight excluding hydrogens is 713 g/mol. The Labute approximate surface area is 331 Å². The first-order chi connectivity index (χ1) is 28.7. The Balaban J connectivity index is 0.971. The minimum absolute atomic E-state index is 0.605. The summed E-state index contributed by atoms with van der Waals surface area (Å²) < 4.78 is 12.7. The van der Waals surface area contributed by atoms with E-state index in [1.165, 1.54) is 0 Å². The highest BCUT2D eigenvalue weighted by Crippen LogP contribution is 2.39. The standard InChI is InChI=1S/C52H30N4O2/c1-3-9-34(10-4-1)49-54-50(35-20-15-31(16-21-35)37-23-27-42-41-13-7-8-14-44(41)57-45(42)30-37)56-51(55-49)39-24-26-40-38(29-39)22-19-32-17-18-33-25-28-43-48(47(33)46(32)40)58-52(53-43)36-11-5-2-6-12-36/h1-30H. The van der Waals surface area contributed by atoms with Gasteiger partial charge in [0, 0.05) is 43.8 Å². The first-order valence-corrected chi connectivity index (χ1v) is 19.3. The van der Waals surface area contributed by atoms with E-state index in [2.05, 4.69) is 97.1 Å². The number of benzene rings is 9. The fourth-order valence-corrected chi connectivity index (χ4v) is 8.26. The Kier molecular flexibility index (Phi) is 7.13. The SMILES string of the molecule is c1ccc(-c2nc(-c3ccc(-c4ccc5c(c4)oc4ccccc45)cc3)nc(-c3ccc4c(ccc5ccc6ccc7nc(-c8ccccc8)oc7c6c54)c3)n2)cc1. The smallest absolute Gasteiger partial charge is 0.227 e. The monoisotopic (exact) mass is 742 g/mol. The van der Waals surface area contributed by atoms with Gasteiger partial charge in [-0.1, -0.05) is 140 Å². The summed E-state index contributed by atoms with van der Waals surface area (Å²) in [6.45, 7) is 0. The quantitative estimate of drug-likeness (QED) is 0.163. The first-order valence-electron chi connectivity index (χ1n) is 19.3. The molecule has 0 aliphatic rings. The van der Waals surface area contributed by atoms with E-state index in [0.717, 1.165) is 98.7 Å². The van der Waals surface area contributed by atoms with Gasteiger partial charge in [-0.15, -0.1) is 0 Å². The maximum Gasteiger partial charge on any atom is 0.227 e. The number of nitrogens with zero attached hydrogens (tertiary/aromatic N) is 4. The van der Waals surface area contributed by atoms with Gasteiger partial charge in [0.25, 0.3) is 0 Å². The lowest BCUT2D eigenvalue weighted by molar-refractivity contribution is 0.623. The van der Waals surface area contributed by atoms with Gasteiger partial charge in [0.15, 0.2) is 23.1 Å². The average molecular weight is 743 g/mol. The molecule has 0 spiro atoms. The highest BCUT2D eigenvalue weighted by molar-refractivity contribution is 6.26. The third-order valence-electron chi connectivity index (χ3n) is 11.1. The molecule has 3 heterocycles. The minimum Gasteiger partial charge on any atom is -0.456 e. The molecule has 0 unspecified atom stereocenters. The van der Waals surface area contributed by atoms with Crippen LogP contribution in [0, 0.1) is 0 Å². The molecule has 0 saturated carbocycles. The summed E-state index contributed by atoms with van der Waals surface area (Å²) in [7, 11) is 0. The third kappa shape index (κ3) is 5.27. The molecule has 0 aliphatic carbocycles. The first kappa shape index (κ1) is 32.3. The van der Waals surface area contributed by atoms with Crippen molar-refractivity contribution in [3.8, 4) is 56.7 Å². The summed E-state index contributed by atoms with van der Waals surface area (Å²) in [6.07, 6.45) is 0. The lowest BCUT2D eigenvalue weighted by Crippen LogP contribution is -2.00. The van der Waals surface area contributed by atoms with Crippen LogP contribution in [0.25, 0.3) is 122 Å². The van der Waals surface area contributed by atoms with E-state index < -0.39 is 0 Å². The minimum atomic E-state index is 0.605. The summed E-state index contributed by atoms with van der Waals surface area (Å²) in [4.78, 5) is 20.0. The number of para-hydroxylation sites is 1. The van der Waals surface area contributed by atoms with E-state index in [0.29, 0.717) is 23.4 Å². The van der Waals surface area contributed by atoms with Crippen molar-refractivity contribution >= 4 is 65.4 Å². The molecule has 270 valence electrons. The Morgan fingerprint density at radius 1 is 0.310 bits per heavy atom. The number of oxazole rings is 1. The zero-order valence-electron chi connectivity index (χ0n) is 30.9. The van der Waals surface area contributed by atoms with Crippen LogP contribution in [-0.4, -0.2) is 19.9 Å². The van der Waals surface area contributed by atoms with Crippen LogP contribution in [0.1, 0.15) is 0 Å². The van der Waals surface area contributed by atoms with Crippen molar-refractivity contribution in [2.45, 2.75) is 0 Å². The van der Waals surface area contributed by atoms with Gasteiger partial charge in [0.1, 0.15) is 16.7 Å². The van der Waals surface area contributed by atoms with E-state index in [1.807, 2.05) is 84.9 Å². The van der Waals surface area contributed by atoms with Gasteiger partial charge in [-0.25, -0.2) is 19.9 Å². The van der Waals surface area contributed by atoms with Crippen LogP contribution >= 0.6 is 0 Å². The van der Waals surface area contributed by atoms with Crippen LogP contribution in [0.4, 0.5) is 0 Å². The Bertz CT molecular complexity index is 3560. The second-order valence-corrected chi connectivity index (χ2v) is 14.6. The number of aromatic nitrogens is 4. The molecule has 12 aromatic rings. The van der Waals surface area contributed by atoms with Gasteiger partial charge >= 0.3 is 0 Å². The molecule has 0 N–H and O–H groups in total. The second kappa shape index (κ2) is 12.8. The van der Waals surface area contributed by atoms with Crippen LogP contribution < -0.4 is 0 Å². The lowest BCUT2D eigenvalue weighted by atomic mass is 9.95. The van der Waals surface area contributed by atoms with Gasteiger partial charge in [-0.05, 0) is 75.1 Å². The van der Waals surface area contributed by atoms with E-state index in [1.54, 1.807) is 0 Å². The van der Waals surface area contributed by atoms with E-state index in [4.69, 9.17) is 28.8 Å². The highest BCUT2D eigenvalue weighted by Gasteiger charge is 2.17. The summed E-state index contributed by atoms with van der Waals surface area (Å²) in [5, 5.41) is 8.84. The number of hydrogen-bond donors (Lipinski definition) is 0. The van der Waals surface area contributed by atoms with E-state index >= 15 is 0 Å². The van der Waals surface area contributed by atoms with Crippen molar-refractivity contribution in [2.75, 3.05) is 0 Å². The maximum atomic E-state index is 6.55. The Morgan fingerprint density at radius 3 is 1.64 bits per heavy atom. The molecule has 9 aromatic carbocycles. The molecule has 3 aromatic heterocycles. The molecule has 0 amide bonds. The van der Waals surface area contributed by atoms with Crippen molar-refractivity contribution in [3.63, 3.8) is 0 Å². The number of hydrogen-bond acceptors (Lipinski definition) is 6. The van der Waals surface area contributed by atoms with E-state index in [9.17, 15) is 0 Å². The summed E-state index contributed by atoms with van der Waals surface area (Å²) in [5.41, 5.74) is 9.22. The molecule has 6 nitrogen and oxygen atoms in total. The normalized spacial score (nSPS) is 11.8. The summed E-state index contributed by atoms with van der Waals surface area (Å²) >= 11 is 0. The van der Waals surface area contributed by atoms with Crippen molar-refractivity contribution in [1.29, 1.82) is 0 Å². The van der Waals surface area contributed by atoms with Gasteiger partial charge in [0.2, 0.25) is 5.89 Å². The predicted octanol–water partition coefficient (Wildman–Crippen LogP) is 13.7. The van der Waals surface area contributed by atoms with Crippen molar-refractivity contribution in [3.05, 3.63) is 182 Å². The zero-order chi connectivity index (χ0) is 38.2. The molecule has 0 atom stereocenters. The topological polar surface area (TPSA) is 77.8 Å². The summed E-state index contributed by atoms with van der Waals surface area (Å²) in [6, 6.07) is 62.4. The number of rotatable bonds is 5. The molecule has 12 rings (SSSR count). The van der Waals surface area contributed by atoms with E-state index in [-0.39, 0.29) is 0 Å². The van der Waals surface area contributed by atoms with Crippen LogP contribution in [0.2, 0.25) is 0 Å². The van der Waals surface area contributed by atoms with Crippen LogP contribution in [0.15, 0.2) is 191 Å². The number of furan rings is 1. The van der Waals surface area contributed by atoms with Gasteiger partial charge in [-0.2, -0.15) is 0 Å². The second-order valence-electron chi connectivity index (χ2n) is 14.6. The van der Waals surface area contributed by atoms with Crippen LogP contribution in [-0.2, 0) is 0 Å². The number of fused-ring (bicyclic) bond motifs is 10. The van der Waals surface area contributed by atoms with Gasteiger partial charge in [0.05, 0.1) is 0 Å². The van der Waals surface area contributed by atoms with Crippen molar-refractivity contribution in [2.24, 2.45) is 0 Å². The molecule has 0 saturated heterocycles. The molecule has 0 aliphatic heterocycles.